The minimum atomic E-state index is -2.91. The lowest BCUT2D eigenvalue weighted by Gasteiger charge is -2.22. The van der Waals surface area contributed by atoms with Crippen LogP contribution in [0.15, 0.2) is 48.5 Å². The van der Waals surface area contributed by atoms with E-state index in [1.165, 1.54) is 36.4 Å². The van der Waals surface area contributed by atoms with E-state index in [1.807, 2.05) is 0 Å². The summed E-state index contributed by atoms with van der Waals surface area (Å²) in [5.74, 6) is -2.01. The lowest BCUT2D eigenvalue weighted by atomic mass is 10.0. The number of nitrogens with one attached hydrogen (secondary N) is 2. The summed E-state index contributed by atoms with van der Waals surface area (Å²) >= 11 is 0. The van der Waals surface area contributed by atoms with Gasteiger partial charge in [0.25, 0.3) is 5.91 Å². The summed E-state index contributed by atoms with van der Waals surface area (Å²) in [4.78, 5) is 24.8. The van der Waals surface area contributed by atoms with E-state index < -0.39 is 30.3 Å². The number of carbonyl (C=O) groups is 2. The molecule has 28 heavy (non-hydrogen) atoms. The molecule has 1 atom stereocenters. The average Bonchev–Trinajstić information content (AvgIpc) is 2.64. The van der Waals surface area contributed by atoms with Gasteiger partial charge in [-0.3, -0.25) is 9.59 Å². The molecule has 0 spiro atoms. The molecule has 0 fully saturated rings. The third-order valence-electron chi connectivity index (χ3n) is 3.97. The van der Waals surface area contributed by atoms with Crippen molar-refractivity contribution in [3.05, 3.63) is 65.5 Å². The zero-order valence-electron chi connectivity index (χ0n) is 15.4. The van der Waals surface area contributed by atoms with Crippen LogP contribution >= 0.6 is 0 Å². The Morgan fingerprint density at radius 3 is 2.25 bits per heavy atom. The van der Waals surface area contributed by atoms with Gasteiger partial charge in [-0.1, -0.05) is 38.1 Å². The minimum absolute atomic E-state index is 0.0160. The SMILES string of the molecule is CC(C)[C@H](NC(=O)c1ccccc1F)C(=O)NCc1ccc(OC(F)F)cc1. The molecule has 2 aromatic carbocycles. The van der Waals surface area contributed by atoms with Crippen molar-refractivity contribution in [3.63, 3.8) is 0 Å². The Bertz CT molecular complexity index is 811. The maximum Gasteiger partial charge on any atom is 0.387 e. The highest BCUT2D eigenvalue weighted by Gasteiger charge is 2.25. The lowest BCUT2D eigenvalue weighted by molar-refractivity contribution is -0.124. The van der Waals surface area contributed by atoms with Gasteiger partial charge >= 0.3 is 6.61 Å². The van der Waals surface area contributed by atoms with Crippen molar-refractivity contribution in [3.8, 4) is 5.75 Å². The highest BCUT2D eigenvalue weighted by Crippen LogP contribution is 2.15. The number of amides is 2. The molecule has 2 rings (SSSR count). The molecule has 0 radical (unpaired) electrons. The molecule has 2 aromatic rings. The Morgan fingerprint density at radius 2 is 1.68 bits per heavy atom. The molecule has 0 unspecified atom stereocenters. The Kier molecular flexibility index (Phi) is 7.43. The van der Waals surface area contributed by atoms with Gasteiger partial charge in [-0.25, -0.2) is 4.39 Å². The van der Waals surface area contributed by atoms with Crippen LogP contribution in [0.2, 0.25) is 0 Å². The first-order valence-electron chi connectivity index (χ1n) is 8.64. The first kappa shape index (κ1) is 21.3. The maximum absolute atomic E-state index is 13.8. The van der Waals surface area contributed by atoms with Crippen LogP contribution in [0.4, 0.5) is 13.2 Å². The number of ether oxygens (including phenoxy) is 1. The third kappa shape index (κ3) is 6.00. The van der Waals surface area contributed by atoms with Crippen LogP contribution in [0.5, 0.6) is 5.75 Å². The predicted molar refractivity (Wildman–Crippen MR) is 97.4 cm³/mol. The van der Waals surface area contributed by atoms with Gasteiger partial charge in [0, 0.05) is 6.54 Å². The number of benzene rings is 2. The van der Waals surface area contributed by atoms with Gasteiger partial charge in [0.15, 0.2) is 0 Å². The Morgan fingerprint density at radius 1 is 1.04 bits per heavy atom. The van der Waals surface area contributed by atoms with Crippen LogP contribution in [0.25, 0.3) is 0 Å². The van der Waals surface area contributed by atoms with Crippen molar-refractivity contribution in [2.45, 2.75) is 33.0 Å². The Balaban J connectivity index is 1.97. The summed E-state index contributed by atoms with van der Waals surface area (Å²) in [5.41, 5.74) is 0.522. The number of halogens is 3. The molecule has 0 saturated carbocycles. The van der Waals surface area contributed by atoms with E-state index in [0.29, 0.717) is 5.56 Å². The minimum Gasteiger partial charge on any atom is -0.435 e. The second-order valence-corrected chi connectivity index (χ2v) is 6.42. The maximum atomic E-state index is 13.8. The standard InChI is InChI=1S/C20H21F3N2O3/c1-12(2)17(25-18(26)15-5-3-4-6-16(15)21)19(27)24-11-13-7-9-14(10-8-13)28-20(22)23/h3-10,12,17,20H,11H2,1-2H3,(H,24,27)(H,25,26)/t17-/m0/s1. The van der Waals surface area contributed by atoms with Crippen LogP contribution in [0.1, 0.15) is 29.8 Å². The van der Waals surface area contributed by atoms with Crippen LogP contribution in [0, 0.1) is 11.7 Å². The molecule has 0 bridgehead atoms. The molecule has 0 heterocycles. The van der Waals surface area contributed by atoms with E-state index in [1.54, 1.807) is 26.0 Å². The number of hydrogen-bond donors (Lipinski definition) is 2. The van der Waals surface area contributed by atoms with Crippen molar-refractivity contribution in [1.82, 2.24) is 10.6 Å². The highest BCUT2D eigenvalue weighted by atomic mass is 19.3. The fraction of sp³-hybridized carbons (Fsp3) is 0.300. The fourth-order valence-electron chi connectivity index (χ4n) is 2.49. The zero-order valence-corrected chi connectivity index (χ0v) is 15.4. The smallest absolute Gasteiger partial charge is 0.387 e. The number of rotatable bonds is 8. The fourth-order valence-corrected chi connectivity index (χ4v) is 2.49. The molecular formula is C20H21F3N2O3. The Labute approximate surface area is 160 Å². The molecule has 2 N–H and O–H groups in total. The number of carbonyl (C=O) groups excluding carboxylic acids is 2. The van der Waals surface area contributed by atoms with E-state index >= 15 is 0 Å². The highest BCUT2D eigenvalue weighted by molar-refractivity contribution is 5.97. The first-order chi connectivity index (χ1) is 13.3. The van der Waals surface area contributed by atoms with Crippen molar-refractivity contribution >= 4 is 11.8 Å². The van der Waals surface area contributed by atoms with Crippen LogP contribution in [-0.4, -0.2) is 24.5 Å². The van der Waals surface area contributed by atoms with Crippen molar-refractivity contribution in [2.75, 3.05) is 0 Å². The quantitative estimate of drug-likeness (QED) is 0.720. The summed E-state index contributed by atoms with van der Waals surface area (Å²) in [5, 5.41) is 5.22. The second kappa shape index (κ2) is 9.77. The van der Waals surface area contributed by atoms with Crippen LogP contribution in [-0.2, 0) is 11.3 Å². The van der Waals surface area contributed by atoms with Gasteiger partial charge in [-0.2, -0.15) is 8.78 Å². The normalized spacial score (nSPS) is 12.0. The third-order valence-corrected chi connectivity index (χ3v) is 3.97. The molecule has 0 aromatic heterocycles. The van der Waals surface area contributed by atoms with Gasteiger partial charge in [0.2, 0.25) is 5.91 Å². The molecule has 0 saturated heterocycles. The van der Waals surface area contributed by atoms with Gasteiger partial charge < -0.3 is 15.4 Å². The van der Waals surface area contributed by atoms with Gasteiger partial charge in [0.1, 0.15) is 17.6 Å². The zero-order chi connectivity index (χ0) is 20.7. The molecule has 5 nitrogen and oxygen atoms in total. The number of hydrogen-bond acceptors (Lipinski definition) is 3. The van der Waals surface area contributed by atoms with Gasteiger partial charge in [-0.05, 0) is 35.7 Å². The molecular weight excluding hydrogens is 373 g/mol. The molecule has 0 aliphatic carbocycles. The molecule has 8 heteroatoms. The van der Waals surface area contributed by atoms with Crippen LogP contribution in [0.3, 0.4) is 0 Å². The predicted octanol–water partition coefficient (Wildman–Crippen LogP) is 3.50. The summed E-state index contributed by atoms with van der Waals surface area (Å²) in [7, 11) is 0. The first-order valence-corrected chi connectivity index (χ1v) is 8.64. The lowest BCUT2D eigenvalue weighted by Crippen LogP contribution is -2.49. The average molecular weight is 394 g/mol. The van der Waals surface area contributed by atoms with E-state index in [9.17, 15) is 22.8 Å². The van der Waals surface area contributed by atoms with E-state index in [-0.39, 0.29) is 23.8 Å². The van der Waals surface area contributed by atoms with E-state index in [2.05, 4.69) is 15.4 Å². The molecule has 0 aliphatic heterocycles. The molecule has 0 aliphatic rings. The second-order valence-electron chi connectivity index (χ2n) is 6.42. The molecule has 150 valence electrons. The van der Waals surface area contributed by atoms with Crippen molar-refractivity contribution in [1.29, 1.82) is 0 Å². The summed E-state index contributed by atoms with van der Waals surface area (Å²) in [6, 6.07) is 10.5. The molecule has 2 amide bonds. The van der Waals surface area contributed by atoms with Crippen LogP contribution < -0.4 is 15.4 Å². The summed E-state index contributed by atoms with van der Waals surface area (Å²) in [6.45, 7) is 0.729. The summed E-state index contributed by atoms with van der Waals surface area (Å²) in [6.07, 6.45) is 0. The van der Waals surface area contributed by atoms with Crippen molar-refractivity contribution in [2.24, 2.45) is 5.92 Å². The van der Waals surface area contributed by atoms with E-state index in [4.69, 9.17) is 0 Å². The van der Waals surface area contributed by atoms with Crippen molar-refractivity contribution < 1.29 is 27.5 Å². The van der Waals surface area contributed by atoms with Gasteiger partial charge in [-0.15, -0.1) is 0 Å². The Hall–Kier alpha value is -3.03. The van der Waals surface area contributed by atoms with Gasteiger partial charge in [0.05, 0.1) is 5.56 Å². The number of alkyl halides is 2. The summed E-state index contributed by atoms with van der Waals surface area (Å²) < 4.78 is 42.3. The topological polar surface area (TPSA) is 67.4 Å². The largest absolute Gasteiger partial charge is 0.435 e. The monoisotopic (exact) mass is 394 g/mol. The van der Waals surface area contributed by atoms with E-state index in [0.717, 1.165) is 0 Å².